The highest BCUT2D eigenvalue weighted by Gasteiger charge is 2.17. The number of para-hydroxylation sites is 1. The van der Waals surface area contributed by atoms with Crippen LogP contribution in [-0.2, 0) is 4.79 Å². The van der Waals surface area contributed by atoms with Gasteiger partial charge in [-0.3, -0.25) is 10.1 Å². The number of hydrogen-bond donors (Lipinski definition) is 1. The Morgan fingerprint density at radius 2 is 2.04 bits per heavy atom. The summed E-state index contributed by atoms with van der Waals surface area (Å²) in [6.45, 7) is 1.70. The maximum absolute atomic E-state index is 12.2. The number of anilines is 1. The number of benzene rings is 1. The monoisotopic (exact) mass is 364 g/mol. The third-order valence-electron chi connectivity index (χ3n) is 2.99. The summed E-state index contributed by atoms with van der Waals surface area (Å²) in [4.78, 5) is 17.6. The highest BCUT2D eigenvalue weighted by atomic mass is 35.5. The van der Waals surface area contributed by atoms with E-state index in [-0.39, 0.29) is 5.91 Å². The van der Waals surface area contributed by atoms with Crippen molar-refractivity contribution in [3.05, 3.63) is 52.2 Å². The van der Waals surface area contributed by atoms with Crippen LogP contribution in [0.1, 0.15) is 6.92 Å². The highest BCUT2D eigenvalue weighted by Crippen LogP contribution is 2.32. The summed E-state index contributed by atoms with van der Waals surface area (Å²) in [7, 11) is 0. The number of nitrogens with one attached hydrogen (secondary N) is 1. The fourth-order valence-corrected chi connectivity index (χ4v) is 3.65. The molecule has 0 radical (unpaired) electrons. The van der Waals surface area contributed by atoms with Gasteiger partial charge in [0.2, 0.25) is 0 Å². The Bertz CT molecular complexity index is 801. The zero-order chi connectivity index (χ0) is 16.2. The molecule has 1 aromatic carbocycles. The molecular weight excluding hydrogens is 352 g/mol. The van der Waals surface area contributed by atoms with Crippen LogP contribution in [-0.4, -0.2) is 17.0 Å². The minimum Gasteiger partial charge on any atom is -0.481 e. The molecule has 0 aliphatic rings. The van der Waals surface area contributed by atoms with Gasteiger partial charge in [0.05, 0.1) is 14.9 Å². The summed E-state index contributed by atoms with van der Waals surface area (Å²) in [5.74, 6) is 0.419. The first-order valence-electron chi connectivity index (χ1n) is 6.85. The van der Waals surface area contributed by atoms with E-state index >= 15 is 0 Å². The SMILES string of the molecule is C[C@H](Oc1ccccc1)C(=O)Nc1nc(-c2ccc(Cl)s2)cs1. The van der Waals surface area contributed by atoms with Crippen LogP contribution in [0.3, 0.4) is 0 Å². The van der Waals surface area contributed by atoms with Crippen LogP contribution >= 0.6 is 34.3 Å². The first kappa shape index (κ1) is 16.0. The lowest BCUT2D eigenvalue weighted by Gasteiger charge is -2.13. The second kappa shape index (κ2) is 7.12. The van der Waals surface area contributed by atoms with E-state index in [1.165, 1.54) is 22.7 Å². The summed E-state index contributed by atoms with van der Waals surface area (Å²) in [6, 6.07) is 13.0. The molecule has 23 heavy (non-hydrogen) atoms. The topological polar surface area (TPSA) is 51.2 Å². The van der Waals surface area contributed by atoms with E-state index in [0.29, 0.717) is 15.2 Å². The second-order valence-corrected chi connectivity index (χ2v) is 7.28. The van der Waals surface area contributed by atoms with Crippen molar-refractivity contribution < 1.29 is 9.53 Å². The van der Waals surface area contributed by atoms with Crippen LogP contribution in [0.4, 0.5) is 5.13 Å². The number of carbonyl (C=O) groups is 1. The Hall–Kier alpha value is -1.89. The zero-order valence-electron chi connectivity index (χ0n) is 12.2. The van der Waals surface area contributed by atoms with Crippen LogP contribution in [0.25, 0.3) is 10.6 Å². The van der Waals surface area contributed by atoms with Crippen LogP contribution in [0.2, 0.25) is 4.34 Å². The molecule has 0 bridgehead atoms. The number of aromatic nitrogens is 1. The molecule has 1 atom stereocenters. The number of nitrogens with zero attached hydrogens (tertiary/aromatic N) is 1. The Balaban J connectivity index is 1.63. The molecule has 1 N–H and O–H groups in total. The van der Waals surface area contributed by atoms with Gasteiger partial charge in [-0.15, -0.1) is 22.7 Å². The number of thiophene rings is 1. The number of halogens is 1. The number of thiazole rings is 1. The highest BCUT2D eigenvalue weighted by molar-refractivity contribution is 7.20. The molecule has 7 heteroatoms. The molecule has 0 saturated carbocycles. The Morgan fingerprint density at radius 1 is 1.26 bits per heavy atom. The van der Waals surface area contributed by atoms with Crippen LogP contribution < -0.4 is 10.1 Å². The molecule has 0 spiro atoms. The van der Waals surface area contributed by atoms with Gasteiger partial charge in [-0.05, 0) is 31.2 Å². The van der Waals surface area contributed by atoms with Crippen molar-refractivity contribution >= 4 is 45.3 Å². The minimum atomic E-state index is -0.610. The molecular formula is C16H13ClN2O2S2. The molecule has 0 saturated heterocycles. The third-order valence-corrected chi connectivity index (χ3v) is 5.00. The van der Waals surface area contributed by atoms with Crippen LogP contribution in [0.5, 0.6) is 5.75 Å². The van der Waals surface area contributed by atoms with Gasteiger partial charge in [-0.2, -0.15) is 0 Å². The van der Waals surface area contributed by atoms with Crippen molar-refractivity contribution in [3.63, 3.8) is 0 Å². The quantitative estimate of drug-likeness (QED) is 0.698. The maximum atomic E-state index is 12.2. The number of carbonyl (C=O) groups excluding carboxylic acids is 1. The molecule has 2 heterocycles. The van der Waals surface area contributed by atoms with E-state index in [1.54, 1.807) is 6.92 Å². The third kappa shape index (κ3) is 4.10. The smallest absolute Gasteiger partial charge is 0.266 e. The Kier molecular flexibility index (Phi) is 4.95. The molecule has 3 rings (SSSR count). The van der Waals surface area contributed by atoms with Gasteiger partial charge >= 0.3 is 0 Å². The zero-order valence-corrected chi connectivity index (χ0v) is 14.5. The summed E-state index contributed by atoms with van der Waals surface area (Å²) >= 11 is 8.75. The fraction of sp³-hybridized carbons (Fsp3) is 0.125. The molecule has 3 aromatic rings. The van der Waals surface area contributed by atoms with Gasteiger partial charge in [0.25, 0.3) is 5.91 Å². The number of ether oxygens (including phenoxy) is 1. The summed E-state index contributed by atoms with van der Waals surface area (Å²) in [5, 5.41) is 5.20. The Labute approximate surface area is 146 Å². The largest absolute Gasteiger partial charge is 0.481 e. The van der Waals surface area contributed by atoms with Gasteiger partial charge in [-0.1, -0.05) is 29.8 Å². The van der Waals surface area contributed by atoms with Crippen molar-refractivity contribution in [2.24, 2.45) is 0 Å². The molecule has 0 aliphatic heterocycles. The lowest BCUT2D eigenvalue weighted by atomic mass is 10.3. The second-order valence-electron chi connectivity index (χ2n) is 4.70. The molecule has 4 nitrogen and oxygen atoms in total. The van der Waals surface area contributed by atoms with Crippen LogP contribution in [0, 0.1) is 0 Å². The van der Waals surface area contributed by atoms with Crippen molar-refractivity contribution in [1.29, 1.82) is 0 Å². The lowest BCUT2D eigenvalue weighted by Crippen LogP contribution is -2.30. The van der Waals surface area contributed by atoms with Crippen molar-refractivity contribution in [2.45, 2.75) is 13.0 Å². The normalized spacial score (nSPS) is 11.9. The van der Waals surface area contributed by atoms with E-state index in [0.717, 1.165) is 10.6 Å². The van der Waals surface area contributed by atoms with E-state index in [2.05, 4.69) is 10.3 Å². The first-order chi connectivity index (χ1) is 11.1. The predicted molar refractivity (Wildman–Crippen MR) is 95.6 cm³/mol. The maximum Gasteiger partial charge on any atom is 0.266 e. The average molecular weight is 365 g/mol. The van der Waals surface area contributed by atoms with E-state index in [4.69, 9.17) is 16.3 Å². The van der Waals surface area contributed by atoms with Gasteiger partial charge < -0.3 is 4.74 Å². The first-order valence-corrected chi connectivity index (χ1v) is 8.93. The van der Waals surface area contributed by atoms with Gasteiger partial charge in [0, 0.05) is 5.38 Å². The minimum absolute atomic E-state index is 0.237. The molecule has 0 unspecified atom stereocenters. The number of hydrogen-bond acceptors (Lipinski definition) is 5. The van der Waals surface area contributed by atoms with Crippen molar-refractivity contribution in [3.8, 4) is 16.3 Å². The number of rotatable bonds is 5. The van der Waals surface area contributed by atoms with E-state index in [9.17, 15) is 4.79 Å². The lowest BCUT2D eigenvalue weighted by molar-refractivity contribution is -0.122. The van der Waals surface area contributed by atoms with Crippen molar-refractivity contribution in [2.75, 3.05) is 5.32 Å². The van der Waals surface area contributed by atoms with Gasteiger partial charge in [0.1, 0.15) is 5.75 Å². The van der Waals surface area contributed by atoms with Crippen molar-refractivity contribution in [1.82, 2.24) is 4.98 Å². The standard InChI is InChI=1S/C16H13ClN2O2S2/c1-10(21-11-5-3-2-4-6-11)15(20)19-16-18-12(9-22-16)13-7-8-14(17)23-13/h2-10H,1H3,(H,18,19,20)/t10-/m0/s1. The molecule has 0 fully saturated rings. The predicted octanol–water partition coefficient (Wildman–Crippen LogP) is 4.93. The molecule has 118 valence electrons. The summed E-state index contributed by atoms with van der Waals surface area (Å²) in [5.41, 5.74) is 0.804. The van der Waals surface area contributed by atoms with E-state index < -0.39 is 6.10 Å². The molecule has 0 aliphatic carbocycles. The molecule has 2 aromatic heterocycles. The summed E-state index contributed by atoms with van der Waals surface area (Å²) < 4.78 is 6.30. The molecule has 1 amide bonds. The van der Waals surface area contributed by atoms with E-state index in [1.807, 2.05) is 47.8 Å². The fourth-order valence-electron chi connectivity index (χ4n) is 1.86. The van der Waals surface area contributed by atoms with Crippen LogP contribution in [0.15, 0.2) is 47.8 Å². The Morgan fingerprint density at radius 3 is 2.74 bits per heavy atom. The average Bonchev–Trinajstić information content (AvgIpc) is 3.17. The summed E-state index contributed by atoms with van der Waals surface area (Å²) in [6.07, 6.45) is -0.610. The number of amides is 1. The van der Waals surface area contributed by atoms with Gasteiger partial charge in [0.15, 0.2) is 11.2 Å². The van der Waals surface area contributed by atoms with Gasteiger partial charge in [-0.25, -0.2) is 4.98 Å².